The number of hydrogen-bond acceptors (Lipinski definition) is 6. The molecule has 0 aliphatic carbocycles. The van der Waals surface area contributed by atoms with Gasteiger partial charge in [0.1, 0.15) is 10.6 Å². The predicted molar refractivity (Wildman–Crippen MR) is 147 cm³/mol. The van der Waals surface area contributed by atoms with Crippen molar-refractivity contribution in [1.29, 1.82) is 0 Å². The number of carbonyl (C=O) groups is 2. The standard InChI is InChI=1S/C27H29N3O3S2/c1-4-33-26(32)24-23(21-8-6-5-7-9-21)19(3)35-25(24)28-27(34)30-16-14-29(15-17-30)22-12-10-20(11-13-22)18(2)31/h5-13H,4,14-17H2,1-3H3,(H,28,34). The van der Waals surface area contributed by atoms with Crippen LogP contribution < -0.4 is 10.2 Å². The lowest BCUT2D eigenvalue weighted by Crippen LogP contribution is -2.50. The molecule has 1 aromatic heterocycles. The molecule has 1 saturated heterocycles. The summed E-state index contributed by atoms with van der Waals surface area (Å²) < 4.78 is 5.40. The Bertz CT molecular complexity index is 1210. The van der Waals surface area contributed by atoms with Gasteiger partial charge in [-0.25, -0.2) is 4.79 Å². The summed E-state index contributed by atoms with van der Waals surface area (Å²) in [6.07, 6.45) is 0. The van der Waals surface area contributed by atoms with E-state index in [-0.39, 0.29) is 11.8 Å². The van der Waals surface area contributed by atoms with Gasteiger partial charge >= 0.3 is 5.97 Å². The topological polar surface area (TPSA) is 61.9 Å². The normalized spacial score (nSPS) is 13.5. The number of ether oxygens (including phenoxy) is 1. The number of thiocarbonyl (C=S) groups is 1. The first-order chi connectivity index (χ1) is 16.9. The molecule has 0 spiro atoms. The summed E-state index contributed by atoms with van der Waals surface area (Å²) in [5, 5.41) is 4.66. The van der Waals surface area contributed by atoms with Gasteiger partial charge in [-0.05, 0) is 62.8 Å². The van der Waals surface area contributed by atoms with Crippen molar-refractivity contribution in [3.63, 3.8) is 0 Å². The van der Waals surface area contributed by atoms with Gasteiger partial charge in [-0.15, -0.1) is 11.3 Å². The highest BCUT2D eigenvalue weighted by atomic mass is 32.1. The summed E-state index contributed by atoms with van der Waals surface area (Å²) in [4.78, 5) is 29.9. The van der Waals surface area contributed by atoms with Gasteiger partial charge in [-0.2, -0.15) is 0 Å². The maximum atomic E-state index is 13.0. The quantitative estimate of drug-likeness (QED) is 0.264. The number of thiophene rings is 1. The number of piperazine rings is 1. The van der Waals surface area contributed by atoms with E-state index in [4.69, 9.17) is 17.0 Å². The molecule has 2 heterocycles. The SMILES string of the molecule is CCOC(=O)c1c(NC(=S)N2CCN(c3ccc(C(C)=O)cc3)CC2)sc(C)c1-c1ccccc1. The first kappa shape index (κ1) is 24.9. The van der Waals surface area contributed by atoms with Crippen LogP contribution in [0.1, 0.15) is 39.4 Å². The molecule has 0 saturated carbocycles. The molecule has 35 heavy (non-hydrogen) atoms. The highest BCUT2D eigenvalue weighted by molar-refractivity contribution is 7.80. The number of carbonyl (C=O) groups excluding carboxylic acids is 2. The summed E-state index contributed by atoms with van der Waals surface area (Å²) >= 11 is 7.27. The van der Waals surface area contributed by atoms with Crippen LogP contribution >= 0.6 is 23.6 Å². The van der Waals surface area contributed by atoms with E-state index in [1.165, 1.54) is 11.3 Å². The van der Waals surface area contributed by atoms with Crippen LogP contribution in [0.4, 0.5) is 10.7 Å². The fourth-order valence-corrected chi connectivity index (χ4v) is 5.65. The van der Waals surface area contributed by atoms with E-state index >= 15 is 0 Å². The summed E-state index contributed by atoms with van der Waals surface area (Å²) in [6, 6.07) is 17.6. The summed E-state index contributed by atoms with van der Waals surface area (Å²) in [5.41, 5.74) is 4.22. The van der Waals surface area contributed by atoms with Crippen LogP contribution in [-0.2, 0) is 4.74 Å². The Balaban J connectivity index is 1.48. The lowest BCUT2D eigenvalue weighted by molar-refractivity contribution is 0.0528. The summed E-state index contributed by atoms with van der Waals surface area (Å²) in [7, 11) is 0. The van der Waals surface area contributed by atoms with Crippen molar-refractivity contribution in [3.8, 4) is 11.1 Å². The second-order valence-corrected chi connectivity index (χ2v) is 9.94. The molecule has 8 heteroatoms. The van der Waals surface area contributed by atoms with Crippen molar-refractivity contribution in [2.75, 3.05) is 43.0 Å². The molecule has 0 atom stereocenters. The zero-order valence-electron chi connectivity index (χ0n) is 20.2. The number of Topliss-reactive ketones (excluding diaryl/α,β-unsaturated/α-hetero) is 1. The number of rotatable bonds is 6. The van der Waals surface area contributed by atoms with Crippen LogP contribution in [0.3, 0.4) is 0 Å². The second-order valence-electron chi connectivity index (χ2n) is 8.33. The molecule has 0 radical (unpaired) electrons. The number of nitrogens with one attached hydrogen (secondary N) is 1. The van der Waals surface area contributed by atoms with E-state index < -0.39 is 0 Å². The highest BCUT2D eigenvalue weighted by Gasteiger charge is 2.26. The van der Waals surface area contributed by atoms with Crippen LogP contribution in [0.5, 0.6) is 0 Å². The van der Waals surface area contributed by atoms with Gasteiger partial charge in [0, 0.05) is 47.9 Å². The number of nitrogens with zero attached hydrogens (tertiary/aromatic N) is 2. The number of ketones is 1. The molecule has 182 valence electrons. The van der Waals surface area contributed by atoms with Crippen LogP contribution in [0.2, 0.25) is 0 Å². The van der Waals surface area contributed by atoms with Crippen molar-refractivity contribution >= 4 is 51.1 Å². The number of anilines is 2. The molecule has 0 bridgehead atoms. The fraction of sp³-hybridized carbons (Fsp3) is 0.296. The molecule has 0 unspecified atom stereocenters. The molecule has 4 rings (SSSR count). The fourth-order valence-electron chi connectivity index (χ4n) is 4.23. The van der Waals surface area contributed by atoms with Crippen LogP contribution in [0.25, 0.3) is 11.1 Å². The van der Waals surface area contributed by atoms with E-state index in [9.17, 15) is 9.59 Å². The minimum absolute atomic E-state index is 0.0687. The average molecular weight is 508 g/mol. The Kier molecular flexibility index (Phi) is 7.83. The second kappa shape index (κ2) is 11.0. The lowest BCUT2D eigenvalue weighted by atomic mass is 10.0. The van der Waals surface area contributed by atoms with E-state index in [2.05, 4.69) is 15.1 Å². The monoisotopic (exact) mass is 507 g/mol. The Hall–Kier alpha value is -3.23. The van der Waals surface area contributed by atoms with Crippen molar-refractivity contribution in [2.45, 2.75) is 20.8 Å². The zero-order valence-corrected chi connectivity index (χ0v) is 21.8. The van der Waals surface area contributed by atoms with Crippen LogP contribution in [0.15, 0.2) is 54.6 Å². The largest absolute Gasteiger partial charge is 0.462 e. The summed E-state index contributed by atoms with van der Waals surface area (Å²) in [6.45, 7) is 8.84. The molecule has 1 aliphatic heterocycles. The number of benzene rings is 2. The van der Waals surface area contributed by atoms with Crippen molar-refractivity contribution in [1.82, 2.24) is 4.90 Å². The molecule has 2 aromatic carbocycles. The Morgan fingerprint density at radius 2 is 1.69 bits per heavy atom. The van der Waals surface area contributed by atoms with E-state index in [1.807, 2.05) is 68.4 Å². The first-order valence-electron chi connectivity index (χ1n) is 11.7. The van der Waals surface area contributed by atoms with Crippen molar-refractivity contribution in [3.05, 3.63) is 70.6 Å². The Morgan fingerprint density at radius 1 is 1.03 bits per heavy atom. The molecule has 6 nitrogen and oxygen atoms in total. The number of aryl methyl sites for hydroxylation is 1. The minimum atomic E-state index is -0.347. The maximum absolute atomic E-state index is 13.0. The van der Waals surface area contributed by atoms with Gasteiger partial charge in [0.25, 0.3) is 0 Å². The lowest BCUT2D eigenvalue weighted by Gasteiger charge is -2.37. The maximum Gasteiger partial charge on any atom is 0.341 e. The third-order valence-electron chi connectivity index (χ3n) is 6.05. The first-order valence-corrected chi connectivity index (χ1v) is 12.9. The molecule has 1 fully saturated rings. The van der Waals surface area contributed by atoms with Gasteiger partial charge in [-0.1, -0.05) is 30.3 Å². The molecule has 3 aromatic rings. The predicted octanol–water partition coefficient (Wildman–Crippen LogP) is 5.62. The van der Waals surface area contributed by atoms with Crippen LogP contribution in [-0.4, -0.2) is 54.6 Å². The number of hydrogen-bond donors (Lipinski definition) is 1. The third kappa shape index (κ3) is 5.55. The molecular formula is C27H29N3O3S2. The van der Waals surface area contributed by atoms with Gasteiger partial charge in [0.05, 0.1) is 6.61 Å². The van der Waals surface area contributed by atoms with E-state index in [0.29, 0.717) is 22.3 Å². The average Bonchev–Trinajstić information content (AvgIpc) is 3.20. The summed E-state index contributed by atoms with van der Waals surface area (Å²) in [5.74, 6) is -0.279. The highest BCUT2D eigenvalue weighted by Crippen LogP contribution is 2.40. The Morgan fingerprint density at radius 3 is 2.29 bits per heavy atom. The van der Waals surface area contributed by atoms with E-state index in [1.54, 1.807) is 6.92 Å². The van der Waals surface area contributed by atoms with Crippen LogP contribution in [0, 0.1) is 6.92 Å². The molecule has 1 N–H and O–H groups in total. The van der Waals surface area contributed by atoms with E-state index in [0.717, 1.165) is 53.4 Å². The third-order valence-corrected chi connectivity index (χ3v) is 7.43. The Labute approximate surface area is 215 Å². The van der Waals surface area contributed by atoms with Crippen molar-refractivity contribution < 1.29 is 14.3 Å². The van der Waals surface area contributed by atoms with Gasteiger partial charge in [0.15, 0.2) is 10.9 Å². The molecule has 1 aliphatic rings. The molecular weight excluding hydrogens is 478 g/mol. The van der Waals surface area contributed by atoms with Gasteiger partial charge in [0.2, 0.25) is 0 Å². The smallest absolute Gasteiger partial charge is 0.341 e. The number of esters is 1. The van der Waals surface area contributed by atoms with Gasteiger partial charge in [-0.3, -0.25) is 4.79 Å². The minimum Gasteiger partial charge on any atom is -0.462 e. The van der Waals surface area contributed by atoms with Crippen molar-refractivity contribution in [2.24, 2.45) is 0 Å². The molecule has 0 amide bonds. The zero-order chi connectivity index (χ0) is 24.9. The van der Waals surface area contributed by atoms with Gasteiger partial charge < -0.3 is 19.9 Å².